The van der Waals surface area contributed by atoms with Gasteiger partial charge in [-0.15, -0.1) is 0 Å². The maximum atomic E-state index is 12.0. The zero-order valence-electron chi connectivity index (χ0n) is 12.4. The van der Waals surface area contributed by atoms with E-state index in [0.29, 0.717) is 18.9 Å². The molecular formula is C16H22BrNO2. The normalized spacial score (nSPS) is 20.3. The molecule has 1 heterocycles. The molecule has 2 atom stereocenters. The summed E-state index contributed by atoms with van der Waals surface area (Å²) < 4.78 is 5.95. The number of halogens is 1. The SMILES string of the molecule is Cc1cccc(C)c1OCC(C)N1CC(CBr)CC1=O. The van der Waals surface area contributed by atoms with Crippen LogP contribution in [0.15, 0.2) is 18.2 Å². The second-order valence-corrected chi connectivity index (χ2v) is 6.30. The van der Waals surface area contributed by atoms with Crippen LogP contribution < -0.4 is 4.74 Å². The molecule has 1 fully saturated rings. The van der Waals surface area contributed by atoms with Crippen molar-refractivity contribution in [1.29, 1.82) is 0 Å². The number of para-hydroxylation sites is 1. The number of carbonyl (C=O) groups is 1. The molecule has 0 N–H and O–H groups in total. The molecule has 0 aromatic heterocycles. The van der Waals surface area contributed by atoms with Crippen LogP contribution in [0.3, 0.4) is 0 Å². The fraction of sp³-hybridized carbons (Fsp3) is 0.562. The number of amides is 1. The third kappa shape index (κ3) is 3.35. The third-order valence-electron chi connectivity index (χ3n) is 3.87. The molecule has 1 aliphatic rings. The Morgan fingerprint density at radius 3 is 2.60 bits per heavy atom. The fourth-order valence-corrected chi connectivity index (χ4v) is 3.09. The molecule has 1 amide bonds. The van der Waals surface area contributed by atoms with E-state index in [0.717, 1.165) is 28.8 Å². The third-order valence-corrected chi connectivity index (χ3v) is 4.78. The van der Waals surface area contributed by atoms with Crippen molar-refractivity contribution >= 4 is 21.8 Å². The molecule has 2 unspecified atom stereocenters. The van der Waals surface area contributed by atoms with Crippen molar-refractivity contribution in [2.24, 2.45) is 5.92 Å². The monoisotopic (exact) mass is 339 g/mol. The van der Waals surface area contributed by atoms with Crippen molar-refractivity contribution in [2.45, 2.75) is 33.2 Å². The molecule has 0 aliphatic carbocycles. The Bertz CT molecular complexity index is 469. The Balaban J connectivity index is 1.96. The summed E-state index contributed by atoms with van der Waals surface area (Å²) in [5.74, 6) is 1.63. The molecule has 1 aliphatic heterocycles. The van der Waals surface area contributed by atoms with E-state index in [1.54, 1.807) is 0 Å². The van der Waals surface area contributed by atoms with E-state index < -0.39 is 0 Å². The topological polar surface area (TPSA) is 29.5 Å². The second kappa shape index (κ2) is 6.61. The lowest BCUT2D eigenvalue weighted by Crippen LogP contribution is -2.38. The second-order valence-electron chi connectivity index (χ2n) is 5.65. The van der Waals surface area contributed by atoms with Gasteiger partial charge in [0.05, 0.1) is 6.04 Å². The molecule has 0 bridgehead atoms. The number of likely N-dealkylation sites (tertiary alicyclic amines) is 1. The highest BCUT2D eigenvalue weighted by Crippen LogP contribution is 2.25. The first kappa shape index (κ1) is 15.4. The van der Waals surface area contributed by atoms with Crippen LogP contribution in [0.5, 0.6) is 5.75 Å². The van der Waals surface area contributed by atoms with Gasteiger partial charge in [-0.25, -0.2) is 0 Å². The molecule has 4 heteroatoms. The van der Waals surface area contributed by atoms with Gasteiger partial charge in [0.1, 0.15) is 12.4 Å². The fourth-order valence-electron chi connectivity index (χ4n) is 2.66. The van der Waals surface area contributed by atoms with E-state index in [4.69, 9.17) is 4.74 Å². The Morgan fingerprint density at radius 2 is 2.05 bits per heavy atom. The van der Waals surface area contributed by atoms with Gasteiger partial charge in [-0.3, -0.25) is 4.79 Å². The van der Waals surface area contributed by atoms with E-state index in [2.05, 4.69) is 48.8 Å². The Morgan fingerprint density at radius 1 is 1.40 bits per heavy atom. The minimum Gasteiger partial charge on any atom is -0.491 e. The van der Waals surface area contributed by atoms with Crippen LogP contribution in [0, 0.1) is 19.8 Å². The lowest BCUT2D eigenvalue weighted by Gasteiger charge is -2.25. The van der Waals surface area contributed by atoms with Gasteiger partial charge >= 0.3 is 0 Å². The molecule has 2 rings (SSSR count). The molecule has 0 radical (unpaired) electrons. The van der Waals surface area contributed by atoms with Gasteiger partial charge in [0.25, 0.3) is 0 Å². The summed E-state index contributed by atoms with van der Waals surface area (Å²) in [7, 11) is 0. The van der Waals surface area contributed by atoms with Crippen LogP contribution in [-0.4, -0.2) is 35.3 Å². The largest absolute Gasteiger partial charge is 0.491 e. The number of nitrogens with zero attached hydrogens (tertiary/aromatic N) is 1. The first-order valence-corrected chi connectivity index (χ1v) is 8.19. The predicted molar refractivity (Wildman–Crippen MR) is 84.5 cm³/mol. The first-order valence-electron chi connectivity index (χ1n) is 7.07. The Kier molecular flexibility index (Phi) is 5.08. The highest BCUT2D eigenvalue weighted by molar-refractivity contribution is 9.09. The molecule has 3 nitrogen and oxygen atoms in total. The number of carbonyl (C=O) groups excluding carboxylic acids is 1. The first-order chi connectivity index (χ1) is 9.52. The van der Waals surface area contributed by atoms with Crippen LogP contribution in [-0.2, 0) is 4.79 Å². The van der Waals surface area contributed by atoms with Gasteiger partial charge in [0.2, 0.25) is 5.91 Å². The molecule has 0 saturated carbocycles. The number of benzene rings is 1. The van der Waals surface area contributed by atoms with E-state index in [-0.39, 0.29) is 11.9 Å². The molecular weight excluding hydrogens is 318 g/mol. The van der Waals surface area contributed by atoms with E-state index in [9.17, 15) is 4.79 Å². The van der Waals surface area contributed by atoms with Crippen molar-refractivity contribution in [3.63, 3.8) is 0 Å². The smallest absolute Gasteiger partial charge is 0.223 e. The van der Waals surface area contributed by atoms with Crippen molar-refractivity contribution in [1.82, 2.24) is 4.90 Å². The van der Waals surface area contributed by atoms with E-state index >= 15 is 0 Å². The lowest BCUT2D eigenvalue weighted by atomic mass is 10.1. The highest BCUT2D eigenvalue weighted by atomic mass is 79.9. The van der Waals surface area contributed by atoms with E-state index in [1.165, 1.54) is 0 Å². The summed E-state index contributed by atoms with van der Waals surface area (Å²) in [5, 5.41) is 0.889. The van der Waals surface area contributed by atoms with Crippen LogP contribution >= 0.6 is 15.9 Å². The van der Waals surface area contributed by atoms with Gasteiger partial charge < -0.3 is 9.64 Å². The number of alkyl halides is 1. The average Bonchev–Trinajstić information content (AvgIpc) is 2.79. The highest BCUT2D eigenvalue weighted by Gasteiger charge is 2.32. The summed E-state index contributed by atoms with van der Waals surface area (Å²) in [4.78, 5) is 13.9. The van der Waals surface area contributed by atoms with E-state index in [1.807, 2.05) is 11.0 Å². The van der Waals surface area contributed by atoms with Crippen molar-refractivity contribution in [3.8, 4) is 5.75 Å². The molecule has 1 saturated heterocycles. The summed E-state index contributed by atoms with van der Waals surface area (Å²) in [6, 6.07) is 6.25. The predicted octanol–water partition coefficient (Wildman–Crippen LogP) is 3.31. The summed E-state index contributed by atoms with van der Waals surface area (Å²) >= 11 is 3.46. The van der Waals surface area contributed by atoms with Crippen LogP contribution in [0.1, 0.15) is 24.5 Å². The van der Waals surface area contributed by atoms with Gasteiger partial charge in [-0.1, -0.05) is 34.1 Å². The maximum absolute atomic E-state index is 12.0. The summed E-state index contributed by atoms with van der Waals surface area (Å²) in [6.07, 6.45) is 0.652. The van der Waals surface area contributed by atoms with Crippen LogP contribution in [0.2, 0.25) is 0 Å². The van der Waals surface area contributed by atoms with Gasteiger partial charge in [-0.2, -0.15) is 0 Å². The van der Waals surface area contributed by atoms with Gasteiger partial charge in [0, 0.05) is 18.3 Å². The van der Waals surface area contributed by atoms with Gasteiger partial charge in [0.15, 0.2) is 0 Å². The maximum Gasteiger partial charge on any atom is 0.223 e. The molecule has 20 heavy (non-hydrogen) atoms. The average molecular weight is 340 g/mol. The Hall–Kier alpha value is -1.03. The molecule has 1 aromatic rings. The van der Waals surface area contributed by atoms with Crippen LogP contribution in [0.4, 0.5) is 0 Å². The van der Waals surface area contributed by atoms with Crippen molar-refractivity contribution in [3.05, 3.63) is 29.3 Å². The van der Waals surface area contributed by atoms with Gasteiger partial charge in [-0.05, 0) is 37.8 Å². The number of hydrogen-bond acceptors (Lipinski definition) is 2. The van der Waals surface area contributed by atoms with Crippen molar-refractivity contribution in [2.75, 3.05) is 18.5 Å². The number of aryl methyl sites for hydroxylation is 2. The zero-order chi connectivity index (χ0) is 14.7. The minimum absolute atomic E-state index is 0.116. The Labute approximate surface area is 129 Å². The quantitative estimate of drug-likeness (QED) is 0.770. The summed E-state index contributed by atoms with van der Waals surface area (Å²) in [5.41, 5.74) is 2.28. The van der Waals surface area contributed by atoms with Crippen molar-refractivity contribution < 1.29 is 9.53 Å². The van der Waals surface area contributed by atoms with Crippen LogP contribution in [0.25, 0.3) is 0 Å². The standard InChI is InChI=1S/C16H22BrNO2/c1-11-5-4-6-12(2)16(11)20-10-13(3)18-9-14(8-17)7-15(18)19/h4-6,13-14H,7-10H2,1-3H3. The minimum atomic E-state index is 0.116. The molecule has 0 spiro atoms. The molecule has 1 aromatic carbocycles. The lowest BCUT2D eigenvalue weighted by molar-refractivity contribution is -0.129. The number of rotatable bonds is 5. The summed E-state index contributed by atoms with van der Waals surface area (Å²) in [6.45, 7) is 7.54. The molecule has 110 valence electrons. The number of hydrogen-bond donors (Lipinski definition) is 0. The number of ether oxygens (including phenoxy) is 1. The zero-order valence-corrected chi connectivity index (χ0v) is 13.9.